The average Bonchev–Trinajstić information content (AvgIpc) is 2.54. The largest absolute Gasteiger partial charge is 0.483 e. The van der Waals surface area contributed by atoms with Gasteiger partial charge in [0.25, 0.3) is 5.91 Å². The summed E-state index contributed by atoms with van der Waals surface area (Å²) < 4.78 is 5.54. The van der Waals surface area contributed by atoms with Crippen LogP contribution in [-0.2, 0) is 11.2 Å². The zero-order chi connectivity index (χ0) is 15.1. The lowest BCUT2D eigenvalue weighted by atomic mass is 10.1. The highest BCUT2D eigenvalue weighted by atomic mass is 16.5. The van der Waals surface area contributed by atoms with Gasteiger partial charge in [-0.1, -0.05) is 25.1 Å². The van der Waals surface area contributed by atoms with E-state index < -0.39 is 0 Å². The van der Waals surface area contributed by atoms with E-state index in [1.54, 1.807) is 24.3 Å². The smallest absolute Gasteiger partial charge is 0.262 e. The number of nitrogens with one attached hydrogen (secondary N) is 1. The molecule has 2 aromatic rings. The third-order valence-corrected chi connectivity index (χ3v) is 3.01. The van der Waals surface area contributed by atoms with Crippen molar-refractivity contribution in [2.75, 3.05) is 11.9 Å². The minimum absolute atomic E-state index is 0.0446. The average molecular weight is 280 g/mol. The number of nitriles is 1. The van der Waals surface area contributed by atoms with Gasteiger partial charge in [-0.15, -0.1) is 0 Å². The number of anilines is 1. The molecule has 0 fully saturated rings. The van der Waals surface area contributed by atoms with Crippen LogP contribution >= 0.6 is 0 Å². The molecule has 0 saturated heterocycles. The molecule has 0 aliphatic heterocycles. The van der Waals surface area contributed by atoms with Gasteiger partial charge in [0.2, 0.25) is 0 Å². The number of hydrogen-bond donors (Lipinski definition) is 1. The summed E-state index contributed by atoms with van der Waals surface area (Å²) in [7, 11) is 0. The van der Waals surface area contributed by atoms with E-state index in [9.17, 15) is 4.79 Å². The van der Waals surface area contributed by atoms with Crippen LogP contribution in [-0.4, -0.2) is 12.5 Å². The summed E-state index contributed by atoms with van der Waals surface area (Å²) in [6, 6.07) is 16.4. The number of carbonyl (C=O) groups is 1. The zero-order valence-electron chi connectivity index (χ0n) is 11.8. The molecular formula is C17H16N2O2. The van der Waals surface area contributed by atoms with Gasteiger partial charge < -0.3 is 10.1 Å². The van der Waals surface area contributed by atoms with Gasteiger partial charge in [0.1, 0.15) is 5.75 Å². The molecule has 2 rings (SSSR count). The minimum atomic E-state index is -0.231. The Morgan fingerprint density at radius 3 is 2.57 bits per heavy atom. The molecule has 4 nitrogen and oxygen atoms in total. The summed E-state index contributed by atoms with van der Waals surface area (Å²) in [6.07, 6.45) is 0.855. The standard InChI is InChI=1S/C17H16N2O2/c1-2-14-5-3-4-6-16(14)21-12-17(20)19-15-9-7-13(11-18)8-10-15/h3-10H,2,12H2,1H3,(H,19,20). The van der Waals surface area contributed by atoms with E-state index in [-0.39, 0.29) is 12.5 Å². The molecule has 1 amide bonds. The van der Waals surface area contributed by atoms with Crippen molar-refractivity contribution in [3.8, 4) is 11.8 Å². The first-order chi connectivity index (χ1) is 10.2. The fourth-order valence-electron chi connectivity index (χ4n) is 1.91. The summed E-state index contributed by atoms with van der Waals surface area (Å²) in [5.41, 5.74) is 2.27. The molecule has 0 atom stereocenters. The number of ether oxygens (including phenoxy) is 1. The third kappa shape index (κ3) is 4.08. The van der Waals surface area contributed by atoms with Crippen LogP contribution in [0.25, 0.3) is 0 Å². The van der Waals surface area contributed by atoms with E-state index in [2.05, 4.69) is 5.32 Å². The second-order valence-corrected chi connectivity index (χ2v) is 4.49. The topological polar surface area (TPSA) is 62.1 Å². The SMILES string of the molecule is CCc1ccccc1OCC(=O)Nc1ccc(C#N)cc1. The van der Waals surface area contributed by atoms with Gasteiger partial charge in [-0.2, -0.15) is 5.26 Å². The van der Waals surface area contributed by atoms with Crippen molar-refractivity contribution in [2.45, 2.75) is 13.3 Å². The van der Waals surface area contributed by atoms with Gasteiger partial charge in [-0.3, -0.25) is 4.79 Å². The molecule has 1 N–H and O–H groups in total. The van der Waals surface area contributed by atoms with Crippen LogP contribution < -0.4 is 10.1 Å². The Bertz CT molecular complexity index is 657. The quantitative estimate of drug-likeness (QED) is 0.915. The Morgan fingerprint density at radius 1 is 1.19 bits per heavy atom. The van der Waals surface area contributed by atoms with Crippen molar-refractivity contribution >= 4 is 11.6 Å². The molecule has 0 aliphatic rings. The van der Waals surface area contributed by atoms with E-state index in [0.717, 1.165) is 17.7 Å². The van der Waals surface area contributed by atoms with E-state index in [1.807, 2.05) is 37.3 Å². The predicted molar refractivity (Wildman–Crippen MR) is 81.1 cm³/mol. The van der Waals surface area contributed by atoms with E-state index in [0.29, 0.717) is 11.3 Å². The van der Waals surface area contributed by atoms with Gasteiger partial charge in [0, 0.05) is 5.69 Å². The van der Waals surface area contributed by atoms with Crippen molar-refractivity contribution in [2.24, 2.45) is 0 Å². The molecule has 2 aromatic carbocycles. The number of benzene rings is 2. The first kappa shape index (κ1) is 14.6. The van der Waals surface area contributed by atoms with Gasteiger partial charge in [0.05, 0.1) is 11.6 Å². The molecule has 0 aromatic heterocycles. The van der Waals surface area contributed by atoms with Crippen molar-refractivity contribution < 1.29 is 9.53 Å². The van der Waals surface area contributed by atoms with Crippen molar-refractivity contribution in [3.63, 3.8) is 0 Å². The van der Waals surface area contributed by atoms with Crippen LogP contribution in [0.3, 0.4) is 0 Å². The summed E-state index contributed by atoms with van der Waals surface area (Å²) in [4.78, 5) is 11.8. The molecule has 0 bridgehead atoms. The summed E-state index contributed by atoms with van der Waals surface area (Å²) >= 11 is 0. The van der Waals surface area contributed by atoms with Crippen LogP contribution in [0.15, 0.2) is 48.5 Å². The van der Waals surface area contributed by atoms with Crippen LogP contribution in [0, 0.1) is 11.3 Å². The molecule has 0 heterocycles. The van der Waals surface area contributed by atoms with Gasteiger partial charge in [-0.05, 0) is 42.3 Å². The summed E-state index contributed by atoms with van der Waals surface area (Å²) in [6.45, 7) is 2.00. The highest BCUT2D eigenvalue weighted by Crippen LogP contribution is 2.18. The molecule has 0 radical (unpaired) electrons. The van der Waals surface area contributed by atoms with Crippen molar-refractivity contribution in [1.29, 1.82) is 5.26 Å². The van der Waals surface area contributed by atoms with Crippen LogP contribution in [0.5, 0.6) is 5.75 Å². The molecule has 106 valence electrons. The van der Waals surface area contributed by atoms with E-state index in [4.69, 9.17) is 10.00 Å². The fourth-order valence-corrected chi connectivity index (χ4v) is 1.91. The number of rotatable bonds is 5. The van der Waals surface area contributed by atoms with Gasteiger partial charge >= 0.3 is 0 Å². The highest BCUT2D eigenvalue weighted by Gasteiger charge is 2.06. The lowest BCUT2D eigenvalue weighted by molar-refractivity contribution is -0.118. The zero-order valence-corrected chi connectivity index (χ0v) is 11.8. The van der Waals surface area contributed by atoms with Crippen molar-refractivity contribution in [3.05, 3.63) is 59.7 Å². The van der Waals surface area contributed by atoms with Crippen LogP contribution in [0.2, 0.25) is 0 Å². The molecular weight excluding hydrogens is 264 g/mol. The number of aryl methyl sites for hydroxylation is 1. The number of nitrogens with zero attached hydrogens (tertiary/aromatic N) is 1. The second kappa shape index (κ2) is 7.11. The van der Waals surface area contributed by atoms with Crippen LogP contribution in [0.1, 0.15) is 18.1 Å². The normalized spacial score (nSPS) is 9.71. The molecule has 21 heavy (non-hydrogen) atoms. The Morgan fingerprint density at radius 2 is 1.90 bits per heavy atom. The molecule has 0 saturated carbocycles. The summed E-state index contributed by atoms with van der Waals surface area (Å²) in [5.74, 6) is 0.501. The first-order valence-corrected chi connectivity index (χ1v) is 6.73. The number of amides is 1. The van der Waals surface area contributed by atoms with Gasteiger partial charge in [0.15, 0.2) is 6.61 Å². The molecule has 0 spiro atoms. The van der Waals surface area contributed by atoms with Gasteiger partial charge in [-0.25, -0.2) is 0 Å². The molecule has 4 heteroatoms. The Kier molecular flexibility index (Phi) is 4.94. The molecule has 0 aliphatic carbocycles. The lowest BCUT2D eigenvalue weighted by Crippen LogP contribution is -2.20. The second-order valence-electron chi connectivity index (χ2n) is 4.49. The summed E-state index contributed by atoms with van der Waals surface area (Å²) in [5, 5.41) is 11.4. The van der Waals surface area contributed by atoms with E-state index in [1.165, 1.54) is 0 Å². The Hall–Kier alpha value is -2.80. The third-order valence-electron chi connectivity index (χ3n) is 3.01. The van der Waals surface area contributed by atoms with Crippen molar-refractivity contribution in [1.82, 2.24) is 0 Å². The maximum atomic E-state index is 11.8. The number of hydrogen-bond acceptors (Lipinski definition) is 3. The maximum absolute atomic E-state index is 11.8. The monoisotopic (exact) mass is 280 g/mol. The number of para-hydroxylation sites is 1. The van der Waals surface area contributed by atoms with E-state index >= 15 is 0 Å². The van der Waals surface area contributed by atoms with Crippen LogP contribution in [0.4, 0.5) is 5.69 Å². The Balaban J connectivity index is 1.91. The first-order valence-electron chi connectivity index (χ1n) is 6.73. The highest BCUT2D eigenvalue weighted by molar-refractivity contribution is 5.91. The minimum Gasteiger partial charge on any atom is -0.483 e. The fraction of sp³-hybridized carbons (Fsp3) is 0.176. The Labute approximate surface area is 124 Å². The predicted octanol–water partition coefficient (Wildman–Crippen LogP) is 3.14. The maximum Gasteiger partial charge on any atom is 0.262 e. The lowest BCUT2D eigenvalue weighted by Gasteiger charge is -2.10. The molecule has 0 unspecified atom stereocenters. The number of carbonyl (C=O) groups excluding carboxylic acids is 1.